The van der Waals surface area contributed by atoms with Crippen molar-refractivity contribution < 1.29 is 19.1 Å². The second kappa shape index (κ2) is 14.9. The summed E-state index contributed by atoms with van der Waals surface area (Å²) in [6.45, 7) is 6.78. The molecule has 1 atom stereocenters. The van der Waals surface area contributed by atoms with Gasteiger partial charge in [-0.25, -0.2) is 0 Å². The number of unbranched alkanes of at least 4 members (excludes halogenated alkanes) is 5. The van der Waals surface area contributed by atoms with E-state index in [1.165, 1.54) is 12.8 Å². The average molecular weight is 314 g/mol. The minimum atomic E-state index is -0.299. The molecular weight excluding hydrogens is 280 g/mol. The van der Waals surface area contributed by atoms with Crippen LogP contribution in [0.2, 0.25) is 0 Å². The fourth-order valence-corrected chi connectivity index (χ4v) is 2.20. The van der Waals surface area contributed by atoms with Gasteiger partial charge < -0.3 is 9.47 Å². The summed E-state index contributed by atoms with van der Waals surface area (Å²) in [6.07, 6.45) is 9.71. The van der Waals surface area contributed by atoms with E-state index < -0.39 is 0 Å². The molecule has 0 fully saturated rings. The Balaban J connectivity index is 3.70. The van der Waals surface area contributed by atoms with Crippen LogP contribution in [-0.4, -0.2) is 24.6 Å². The van der Waals surface area contributed by atoms with E-state index >= 15 is 0 Å². The van der Waals surface area contributed by atoms with Crippen molar-refractivity contribution >= 4 is 11.9 Å². The van der Waals surface area contributed by atoms with Gasteiger partial charge in [0, 0.05) is 0 Å². The Morgan fingerprint density at radius 1 is 0.818 bits per heavy atom. The maximum atomic E-state index is 11.7. The minimum absolute atomic E-state index is 0.0101. The second-order valence-corrected chi connectivity index (χ2v) is 5.80. The summed E-state index contributed by atoms with van der Waals surface area (Å²) in [6, 6.07) is 0. The van der Waals surface area contributed by atoms with E-state index in [-0.39, 0.29) is 30.9 Å². The summed E-state index contributed by atoms with van der Waals surface area (Å²) in [7, 11) is 0. The van der Waals surface area contributed by atoms with Gasteiger partial charge in [0.05, 0.1) is 19.4 Å². The highest BCUT2D eigenvalue weighted by atomic mass is 16.5. The first-order chi connectivity index (χ1) is 10.6. The maximum Gasteiger partial charge on any atom is 0.306 e. The van der Waals surface area contributed by atoms with Crippen LogP contribution in [-0.2, 0) is 19.1 Å². The van der Waals surface area contributed by atoms with Crippen LogP contribution in [0.5, 0.6) is 0 Å². The van der Waals surface area contributed by atoms with E-state index in [2.05, 4.69) is 13.8 Å². The van der Waals surface area contributed by atoms with E-state index in [9.17, 15) is 9.59 Å². The Morgan fingerprint density at radius 3 is 2.09 bits per heavy atom. The molecule has 0 aliphatic heterocycles. The van der Waals surface area contributed by atoms with Crippen molar-refractivity contribution in [3.05, 3.63) is 0 Å². The molecule has 4 heteroatoms. The molecule has 0 rings (SSSR count). The predicted molar refractivity (Wildman–Crippen MR) is 88.6 cm³/mol. The van der Waals surface area contributed by atoms with Gasteiger partial charge >= 0.3 is 11.9 Å². The molecule has 0 bridgehead atoms. The van der Waals surface area contributed by atoms with Crippen LogP contribution < -0.4 is 0 Å². The van der Waals surface area contributed by atoms with Crippen molar-refractivity contribution in [1.29, 1.82) is 0 Å². The lowest BCUT2D eigenvalue weighted by Crippen LogP contribution is -2.18. The molecule has 22 heavy (non-hydrogen) atoms. The number of ether oxygens (including phenoxy) is 2. The molecule has 0 aromatic heterocycles. The van der Waals surface area contributed by atoms with Crippen molar-refractivity contribution in [3.63, 3.8) is 0 Å². The summed E-state index contributed by atoms with van der Waals surface area (Å²) >= 11 is 0. The highest BCUT2D eigenvalue weighted by molar-refractivity contribution is 5.77. The molecule has 0 aliphatic rings. The maximum absolute atomic E-state index is 11.7. The normalized spacial score (nSPS) is 12.0. The summed E-state index contributed by atoms with van der Waals surface area (Å²) in [5.74, 6) is -0.584. The lowest BCUT2D eigenvalue weighted by molar-refractivity contribution is -0.154. The summed E-state index contributed by atoms with van der Waals surface area (Å²) in [4.78, 5) is 23.3. The van der Waals surface area contributed by atoms with E-state index in [1.54, 1.807) is 0 Å². The molecule has 0 spiro atoms. The van der Waals surface area contributed by atoms with Crippen molar-refractivity contribution in [2.75, 3.05) is 6.61 Å². The van der Waals surface area contributed by atoms with Gasteiger partial charge in [0.25, 0.3) is 0 Å². The number of carbonyl (C=O) groups excluding carboxylic acids is 2. The Morgan fingerprint density at radius 2 is 1.45 bits per heavy atom. The number of carbonyl (C=O) groups is 2. The standard InChI is InChI=1S/C18H34O4/c1-4-7-9-11-15-21-17(19)13-14-18(20)22-16(6-3)12-10-8-5-2/h16H,4-15H2,1-3H3. The molecule has 0 N–H and O–H groups in total. The van der Waals surface area contributed by atoms with Gasteiger partial charge in [-0.3, -0.25) is 9.59 Å². The molecule has 0 radical (unpaired) electrons. The van der Waals surface area contributed by atoms with Gasteiger partial charge in [-0.05, 0) is 25.7 Å². The van der Waals surface area contributed by atoms with Gasteiger partial charge in [-0.1, -0.05) is 52.9 Å². The van der Waals surface area contributed by atoms with Crippen molar-refractivity contribution in [1.82, 2.24) is 0 Å². The SMILES string of the molecule is CCCCCCOC(=O)CCC(=O)OC(CC)CCCCC. The Hall–Kier alpha value is -1.06. The third-order valence-corrected chi connectivity index (χ3v) is 3.68. The average Bonchev–Trinajstić information content (AvgIpc) is 2.52. The van der Waals surface area contributed by atoms with Crippen LogP contribution in [0, 0.1) is 0 Å². The number of hydrogen-bond donors (Lipinski definition) is 0. The topological polar surface area (TPSA) is 52.6 Å². The molecule has 0 saturated heterocycles. The Labute approximate surface area is 135 Å². The first-order valence-electron chi connectivity index (χ1n) is 8.99. The van der Waals surface area contributed by atoms with Gasteiger partial charge in [-0.15, -0.1) is 0 Å². The van der Waals surface area contributed by atoms with E-state index in [1.807, 2.05) is 6.92 Å². The monoisotopic (exact) mass is 314 g/mol. The highest BCUT2D eigenvalue weighted by Crippen LogP contribution is 2.11. The van der Waals surface area contributed by atoms with Crippen LogP contribution in [0.25, 0.3) is 0 Å². The van der Waals surface area contributed by atoms with Crippen molar-refractivity contribution in [3.8, 4) is 0 Å². The van der Waals surface area contributed by atoms with Crippen LogP contribution in [0.15, 0.2) is 0 Å². The molecular formula is C18H34O4. The third kappa shape index (κ3) is 12.7. The van der Waals surface area contributed by atoms with E-state index in [0.29, 0.717) is 6.61 Å². The zero-order valence-corrected chi connectivity index (χ0v) is 14.7. The lowest BCUT2D eigenvalue weighted by atomic mass is 10.1. The van der Waals surface area contributed by atoms with Gasteiger partial charge in [0.2, 0.25) is 0 Å². The smallest absolute Gasteiger partial charge is 0.306 e. The van der Waals surface area contributed by atoms with Crippen LogP contribution >= 0.6 is 0 Å². The fourth-order valence-electron chi connectivity index (χ4n) is 2.20. The molecule has 130 valence electrons. The minimum Gasteiger partial charge on any atom is -0.466 e. The first-order valence-corrected chi connectivity index (χ1v) is 8.99. The first kappa shape index (κ1) is 20.9. The largest absolute Gasteiger partial charge is 0.466 e. The van der Waals surface area contributed by atoms with Crippen molar-refractivity contribution in [2.24, 2.45) is 0 Å². The summed E-state index contributed by atoms with van der Waals surface area (Å²) in [5.41, 5.74) is 0. The summed E-state index contributed by atoms with van der Waals surface area (Å²) < 4.78 is 10.5. The van der Waals surface area contributed by atoms with Gasteiger partial charge in [0.15, 0.2) is 0 Å². The van der Waals surface area contributed by atoms with Crippen molar-refractivity contribution in [2.45, 2.75) is 97.5 Å². The van der Waals surface area contributed by atoms with E-state index in [4.69, 9.17) is 9.47 Å². The molecule has 4 nitrogen and oxygen atoms in total. The van der Waals surface area contributed by atoms with E-state index in [0.717, 1.165) is 44.9 Å². The zero-order chi connectivity index (χ0) is 16.6. The van der Waals surface area contributed by atoms with Gasteiger partial charge in [0.1, 0.15) is 6.10 Å². The number of hydrogen-bond acceptors (Lipinski definition) is 4. The zero-order valence-electron chi connectivity index (χ0n) is 14.7. The van der Waals surface area contributed by atoms with Crippen LogP contribution in [0.3, 0.4) is 0 Å². The highest BCUT2D eigenvalue weighted by Gasteiger charge is 2.14. The molecule has 0 saturated carbocycles. The summed E-state index contributed by atoms with van der Waals surface area (Å²) in [5, 5.41) is 0. The Kier molecular flexibility index (Phi) is 14.1. The molecule has 0 amide bonds. The van der Waals surface area contributed by atoms with Gasteiger partial charge in [-0.2, -0.15) is 0 Å². The van der Waals surface area contributed by atoms with Crippen LogP contribution in [0.4, 0.5) is 0 Å². The number of esters is 2. The second-order valence-electron chi connectivity index (χ2n) is 5.80. The molecule has 0 aromatic rings. The molecule has 0 aromatic carbocycles. The van der Waals surface area contributed by atoms with Crippen LogP contribution in [0.1, 0.15) is 91.4 Å². The Bertz CT molecular complexity index is 289. The lowest BCUT2D eigenvalue weighted by Gasteiger charge is -2.15. The third-order valence-electron chi connectivity index (χ3n) is 3.68. The molecule has 0 aliphatic carbocycles. The number of rotatable bonds is 14. The quantitative estimate of drug-likeness (QED) is 0.341. The molecule has 0 heterocycles. The molecule has 1 unspecified atom stereocenters. The fraction of sp³-hybridized carbons (Fsp3) is 0.889. The predicted octanol–water partition coefficient (Wildman–Crippen LogP) is 4.79.